The van der Waals surface area contributed by atoms with E-state index in [1.807, 2.05) is 36.7 Å². The van der Waals surface area contributed by atoms with Crippen LogP contribution in [-0.4, -0.2) is 4.98 Å². The van der Waals surface area contributed by atoms with Gasteiger partial charge in [-0.3, -0.25) is 4.98 Å². The highest BCUT2D eigenvalue weighted by Gasteiger charge is 2.16. The van der Waals surface area contributed by atoms with E-state index in [2.05, 4.69) is 119 Å². The average molecular weight is 553 g/mol. The highest BCUT2D eigenvalue weighted by Crippen LogP contribution is 2.40. The molecule has 43 heavy (non-hydrogen) atoms. The molecule has 202 valence electrons. The zero-order chi connectivity index (χ0) is 28.3. The third-order valence-corrected chi connectivity index (χ3v) is 8.34. The summed E-state index contributed by atoms with van der Waals surface area (Å²) >= 11 is 0. The summed E-state index contributed by atoms with van der Waals surface area (Å²) in [6, 6.07) is 46.5. The standard InChI is InChI=1S/C39H24N2O2/c1-2-6-28(7-3-1)41(30-16-17-33-32-8-4-5-9-35(32)43-38(33)23-30)29-14-10-25(11-15-29)26-12-18-36-34(22-26)39-31-20-21-40-24-27(31)13-19-37(39)42-36/h1-24H. The number of fused-ring (bicyclic) bond motifs is 8. The average Bonchev–Trinajstić information content (AvgIpc) is 3.63. The first-order valence-electron chi connectivity index (χ1n) is 14.4. The normalized spacial score (nSPS) is 11.7. The van der Waals surface area contributed by atoms with E-state index in [1.165, 1.54) is 0 Å². The van der Waals surface area contributed by atoms with E-state index in [4.69, 9.17) is 8.83 Å². The van der Waals surface area contributed by atoms with Crippen LogP contribution in [0.15, 0.2) is 155 Å². The maximum absolute atomic E-state index is 6.24. The topological polar surface area (TPSA) is 42.4 Å². The van der Waals surface area contributed by atoms with E-state index < -0.39 is 0 Å². The molecular formula is C39H24N2O2. The lowest BCUT2D eigenvalue weighted by Gasteiger charge is -2.25. The number of hydrogen-bond acceptors (Lipinski definition) is 4. The molecule has 0 unspecified atom stereocenters. The van der Waals surface area contributed by atoms with Gasteiger partial charge >= 0.3 is 0 Å². The monoisotopic (exact) mass is 552 g/mol. The first kappa shape index (κ1) is 23.8. The van der Waals surface area contributed by atoms with Crippen molar-refractivity contribution in [1.29, 1.82) is 0 Å². The molecule has 0 saturated heterocycles. The molecule has 3 heterocycles. The van der Waals surface area contributed by atoms with Crippen LogP contribution in [0.1, 0.15) is 0 Å². The maximum atomic E-state index is 6.24. The molecule has 6 aromatic carbocycles. The van der Waals surface area contributed by atoms with Gasteiger partial charge in [-0.25, -0.2) is 0 Å². The summed E-state index contributed by atoms with van der Waals surface area (Å²) in [6.45, 7) is 0. The third-order valence-electron chi connectivity index (χ3n) is 8.34. The predicted octanol–water partition coefficient (Wildman–Crippen LogP) is 11.2. The summed E-state index contributed by atoms with van der Waals surface area (Å²) < 4.78 is 12.5. The lowest BCUT2D eigenvalue weighted by molar-refractivity contribution is 0.668. The van der Waals surface area contributed by atoms with E-state index in [0.717, 1.165) is 82.8 Å². The second-order valence-electron chi connectivity index (χ2n) is 10.8. The zero-order valence-corrected chi connectivity index (χ0v) is 23.1. The van der Waals surface area contributed by atoms with Gasteiger partial charge in [-0.2, -0.15) is 0 Å². The van der Waals surface area contributed by atoms with Crippen LogP contribution in [0, 0.1) is 0 Å². The number of furan rings is 2. The first-order chi connectivity index (χ1) is 21.3. The van der Waals surface area contributed by atoms with Crippen LogP contribution < -0.4 is 4.90 Å². The Balaban J connectivity index is 1.15. The van der Waals surface area contributed by atoms with E-state index in [9.17, 15) is 0 Å². The number of hydrogen-bond donors (Lipinski definition) is 0. The lowest BCUT2D eigenvalue weighted by Crippen LogP contribution is -2.09. The molecule has 0 aliphatic rings. The first-order valence-corrected chi connectivity index (χ1v) is 14.4. The van der Waals surface area contributed by atoms with Crippen molar-refractivity contribution in [2.75, 3.05) is 4.90 Å². The van der Waals surface area contributed by atoms with Crippen molar-refractivity contribution in [3.63, 3.8) is 0 Å². The van der Waals surface area contributed by atoms with Gasteiger partial charge in [-0.15, -0.1) is 0 Å². The number of aromatic nitrogens is 1. The van der Waals surface area contributed by atoms with Crippen LogP contribution in [0.2, 0.25) is 0 Å². The highest BCUT2D eigenvalue weighted by atomic mass is 16.3. The molecule has 0 aliphatic carbocycles. The third kappa shape index (κ3) is 3.81. The van der Waals surface area contributed by atoms with Crippen molar-refractivity contribution >= 4 is 71.7 Å². The maximum Gasteiger partial charge on any atom is 0.137 e. The summed E-state index contributed by atoms with van der Waals surface area (Å²) in [5, 5.41) is 6.75. The minimum absolute atomic E-state index is 0.875. The molecule has 0 amide bonds. The largest absolute Gasteiger partial charge is 0.456 e. The van der Waals surface area contributed by atoms with Gasteiger partial charge in [-0.1, -0.05) is 54.6 Å². The van der Waals surface area contributed by atoms with Crippen LogP contribution in [0.4, 0.5) is 17.1 Å². The number of anilines is 3. The molecular weight excluding hydrogens is 528 g/mol. The second-order valence-corrected chi connectivity index (χ2v) is 10.8. The molecule has 4 nitrogen and oxygen atoms in total. The van der Waals surface area contributed by atoms with Crippen LogP contribution >= 0.6 is 0 Å². The Hall–Kier alpha value is -5.87. The highest BCUT2D eigenvalue weighted by molar-refractivity contribution is 6.19. The van der Waals surface area contributed by atoms with Gasteiger partial charge < -0.3 is 13.7 Å². The molecule has 0 bridgehead atoms. The van der Waals surface area contributed by atoms with Crippen molar-refractivity contribution in [2.45, 2.75) is 0 Å². The van der Waals surface area contributed by atoms with Gasteiger partial charge in [0.15, 0.2) is 0 Å². The minimum Gasteiger partial charge on any atom is -0.456 e. The molecule has 0 spiro atoms. The molecule has 3 aromatic heterocycles. The second kappa shape index (κ2) is 9.33. The van der Waals surface area contributed by atoms with Crippen LogP contribution in [0.3, 0.4) is 0 Å². The fourth-order valence-electron chi connectivity index (χ4n) is 6.30. The number of pyridine rings is 1. The molecule has 9 rings (SSSR count). The van der Waals surface area contributed by atoms with Crippen LogP contribution in [0.5, 0.6) is 0 Å². The Morgan fingerprint density at radius 3 is 2.05 bits per heavy atom. The van der Waals surface area contributed by atoms with Crippen molar-refractivity contribution in [2.24, 2.45) is 0 Å². The van der Waals surface area contributed by atoms with Gasteiger partial charge in [0.1, 0.15) is 22.3 Å². The Kier molecular flexibility index (Phi) is 5.16. The summed E-state index contributed by atoms with van der Waals surface area (Å²) in [7, 11) is 0. The Morgan fingerprint density at radius 2 is 1.14 bits per heavy atom. The van der Waals surface area contributed by atoms with Crippen LogP contribution in [-0.2, 0) is 0 Å². The van der Waals surface area contributed by atoms with E-state index in [1.54, 1.807) is 0 Å². The number of nitrogens with zero attached hydrogens (tertiary/aromatic N) is 2. The van der Waals surface area contributed by atoms with E-state index in [-0.39, 0.29) is 0 Å². The van der Waals surface area contributed by atoms with Crippen LogP contribution in [0.25, 0.3) is 65.8 Å². The summed E-state index contributed by atoms with van der Waals surface area (Å²) in [6.07, 6.45) is 3.74. The predicted molar refractivity (Wildman–Crippen MR) is 176 cm³/mol. The Morgan fingerprint density at radius 1 is 0.442 bits per heavy atom. The molecule has 0 N–H and O–H groups in total. The van der Waals surface area contributed by atoms with Gasteiger partial charge in [0.2, 0.25) is 0 Å². The zero-order valence-electron chi connectivity index (χ0n) is 23.1. The summed E-state index contributed by atoms with van der Waals surface area (Å²) in [5.41, 5.74) is 9.02. The molecule has 0 radical (unpaired) electrons. The molecule has 9 aromatic rings. The molecule has 0 atom stereocenters. The lowest BCUT2D eigenvalue weighted by atomic mass is 10.0. The Bertz CT molecular complexity index is 2450. The number of benzene rings is 6. The molecule has 4 heteroatoms. The number of rotatable bonds is 4. The fraction of sp³-hybridized carbons (Fsp3) is 0. The van der Waals surface area contributed by atoms with Crippen molar-refractivity contribution in [3.8, 4) is 11.1 Å². The molecule has 0 fully saturated rings. The van der Waals surface area contributed by atoms with Crippen molar-refractivity contribution < 1.29 is 8.83 Å². The minimum atomic E-state index is 0.875. The smallest absolute Gasteiger partial charge is 0.137 e. The Labute approximate surface area is 247 Å². The molecule has 0 saturated carbocycles. The molecule has 0 aliphatic heterocycles. The van der Waals surface area contributed by atoms with E-state index >= 15 is 0 Å². The van der Waals surface area contributed by atoms with Gasteiger partial charge in [0.05, 0.1) is 0 Å². The summed E-state index contributed by atoms with van der Waals surface area (Å²) in [5.74, 6) is 0. The van der Waals surface area contributed by atoms with Gasteiger partial charge in [0, 0.05) is 62.5 Å². The quantitative estimate of drug-likeness (QED) is 0.218. The van der Waals surface area contributed by atoms with Gasteiger partial charge in [0.25, 0.3) is 0 Å². The SMILES string of the molecule is c1ccc(N(c2ccc(-c3ccc4oc5ccc6cnccc6c5c4c3)cc2)c2ccc3c(c2)oc2ccccc23)cc1. The fourth-order valence-corrected chi connectivity index (χ4v) is 6.30. The van der Waals surface area contributed by atoms with Crippen molar-refractivity contribution in [3.05, 3.63) is 146 Å². The van der Waals surface area contributed by atoms with Gasteiger partial charge in [-0.05, 0) is 89.3 Å². The number of para-hydroxylation sites is 2. The van der Waals surface area contributed by atoms with E-state index in [0.29, 0.717) is 0 Å². The van der Waals surface area contributed by atoms with Crippen molar-refractivity contribution in [1.82, 2.24) is 4.98 Å². The summed E-state index contributed by atoms with van der Waals surface area (Å²) in [4.78, 5) is 6.57.